The Labute approximate surface area is 167 Å². The Bertz CT molecular complexity index is 972. The van der Waals surface area contributed by atoms with E-state index in [1.54, 1.807) is 16.2 Å². The van der Waals surface area contributed by atoms with Crippen molar-refractivity contribution < 1.29 is 9.59 Å². The van der Waals surface area contributed by atoms with Crippen LogP contribution in [0.5, 0.6) is 0 Å². The molecule has 28 heavy (non-hydrogen) atoms. The van der Waals surface area contributed by atoms with Crippen molar-refractivity contribution >= 4 is 33.4 Å². The standard InChI is InChI=1S/C20H26N4O3S/c1-11-2-3-13-14(10-11)28-20-17(13)19(27)22-15(23-20)4-5-16(25)24-8-6-12(7-9-24)18(21)26/h11-12H,2-10H2,1H3,(H2,21,26)(H,22,23,27)/t11-/m0/s1. The fourth-order valence-corrected chi connectivity index (χ4v) is 5.71. The summed E-state index contributed by atoms with van der Waals surface area (Å²) in [5.74, 6) is 0.845. The molecule has 0 unspecified atom stereocenters. The van der Waals surface area contributed by atoms with Crippen LogP contribution in [0.25, 0.3) is 10.2 Å². The minimum Gasteiger partial charge on any atom is -0.369 e. The zero-order valence-corrected chi connectivity index (χ0v) is 16.9. The van der Waals surface area contributed by atoms with E-state index in [1.807, 2.05) is 0 Å². The van der Waals surface area contributed by atoms with E-state index in [2.05, 4.69) is 16.9 Å². The van der Waals surface area contributed by atoms with Crippen LogP contribution < -0.4 is 11.3 Å². The highest BCUT2D eigenvalue weighted by Gasteiger charge is 2.26. The number of carbonyl (C=O) groups excluding carboxylic acids is 2. The van der Waals surface area contributed by atoms with Gasteiger partial charge in [-0.15, -0.1) is 11.3 Å². The molecule has 1 fully saturated rings. The number of thiophene rings is 1. The van der Waals surface area contributed by atoms with E-state index in [9.17, 15) is 14.4 Å². The first-order valence-electron chi connectivity index (χ1n) is 10.0. The zero-order valence-electron chi connectivity index (χ0n) is 16.1. The van der Waals surface area contributed by atoms with E-state index in [-0.39, 0.29) is 23.3 Å². The molecule has 4 rings (SSSR count). The highest BCUT2D eigenvalue weighted by molar-refractivity contribution is 7.18. The molecule has 3 N–H and O–H groups in total. The largest absolute Gasteiger partial charge is 0.369 e. The van der Waals surface area contributed by atoms with E-state index >= 15 is 0 Å². The third-order valence-electron chi connectivity index (χ3n) is 6.04. The number of piperidine rings is 1. The first-order chi connectivity index (χ1) is 13.4. The predicted octanol–water partition coefficient (Wildman–Crippen LogP) is 1.77. The van der Waals surface area contributed by atoms with Crippen LogP contribution >= 0.6 is 11.3 Å². The van der Waals surface area contributed by atoms with E-state index in [0.717, 1.165) is 29.5 Å². The van der Waals surface area contributed by atoms with Crippen LogP contribution in [-0.2, 0) is 28.9 Å². The number of nitrogens with zero attached hydrogens (tertiary/aromatic N) is 2. The Morgan fingerprint density at radius 3 is 2.75 bits per heavy atom. The number of aromatic nitrogens is 2. The van der Waals surface area contributed by atoms with Crippen LogP contribution in [0, 0.1) is 11.8 Å². The van der Waals surface area contributed by atoms with Gasteiger partial charge in [0.1, 0.15) is 10.7 Å². The molecule has 0 bridgehead atoms. The van der Waals surface area contributed by atoms with Crippen molar-refractivity contribution in [2.24, 2.45) is 17.6 Å². The van der Waals surface area contributed by atoms with Crippen molar-refractivity contribution in [1.29, 1.82) is 0 Å². The third-order valence-corrected chi connectivity index (χ3v) is 7.19. The third kappa shape index (κ3) is 3.70. The van der Waals surface area contributed by atoms with Gasteiger partial charge in [0.2, 0.25) is 11.8 Å². The SMILES string of the molecule is C[C@H]1CCc2c(sc3nc(CCC(=O)N4CCC(C(N)=O)CC4)[nH]c(=O)c23)C1. The van der Waals surface area contributed by atoms with Crippen LogP contribution in [0.15, 0.2) is 4.79 Å². The minimum atomic E-state index is -0.282. The number of aryl methyl sites for hydroxylation is 2. The molecule has 1 atom stereocenters. The quantitative estimate of drug-likeness (QED) is 0.812. The van der Waals surface area contributed by atoms with Crippen molar-refractivity contribution in [3.63, 3.8) is 0 Å². The molecule has 1 aliphatic heterocycles. The molecule has 8 heteroatoms. The summed E-state index contributed by atoms with van der Waals surface area (Å²) in [7, 11) is 0. The number of amides is 2. The maximum atomic E-state index is 12.6. The Hall–Kier alpha value is -2.22. The first kappa shape index (κ1) is 19.1. The van der Waals surface area contributed by atoms with Crippen LogP contribution in [0.4, 0.5) is 0 Å². The Kier molecular flexibility index (Phi) is 5.23. The van der Waals surface area contributed by atoms with E-state index < -0.39 is 0 Å². The number of rotatable bonds is 4. The summed E-state index contributed by atoms with van der Waals surface area (Å²) in [4.78, 5) is 47.8. The lowest BCUT2D eigenvalue weighted by atomic mass is 9.89. The van der Waals surface area contributed by atoms with Gasteiger partial charge in [0.15, 0.2) is 0 Å². The number of primary amides is 1. The monoisotopic (exact) mass is 402 g/mol. The number of hydrogen-bond acceptors (Lipinski definition) is 5. The van der Waals surface area contributed by atoms with Gasteiger partial charge in [-0.25, -0.2) is 4.98 Å². The Balaban J connectivity index is 1.43. The predicted molar refractivity (Wildman–Crippen MR) is 108 cm³/mol. The molecule has 2 amide bonds. The van der Waals surface area contributed by atoms with E-state index in [4.69, 9.17) is 5.73 Å². The van der Waals surface area contributed by atoms with Crippen LogP contribution in [0.3, 0.4) is 0 Å². The number of nitrogens with one attached hydrogen (secondary N) is 1. The number of likely N-dealkylation sites (tertiary alicyclic amines) is 1. The first-order valence-corrected chi connectivity index (χ1v) is 10.8. The highest BCUT2D eigenvalue weighted by atomic mass is 32.1. The fourth-order valence-electron chi connectivity index (χ4n) is 4.31. The van der Waals surface area contributed by atoms with Crippen LogP contribution in [0.2, 0.25) is 0 Å². The molecule has 150 valence electrons. The molecule has 1 saturated heterocycles. The Morgan fingerprint density at radius 2 is 2.04 bits per heavy atom. The summed E-state index contributed by atoms with van der Waals surface area (Å²) in [6, 6.07) is 0. The zero-order chi connectivity index (χ0) is 19.8. The molecule has 0 aromatic carbocycles. The Morgan fingerprint density at radius 1 is 1.29 bits per heavy atom. The second-order valence-corrected chi connectivity index (χ2v) is 9.19. The molecule has 3 heterocycles. The van der Waals surface area contributed by atoms with Crippen molar-refractivity contribution in [2.75, 3.05) is 13.1 Å². The maximum absolute atomic E-state index is 12.6. The lowest BCUT2D eigenvalue weighted by Gasteiger charge is -2.30. The average Bonchev–Trinajstić information content (AvgIpc) is 3.03. The second-order valence-electron chi connectivity index (χ2n) is 8.10. The smallest absolute Gasteiger partial charge is 0.259 e. The van der Waals surface area contributed by atoms with Crippen molar-refractivity contribution in [2.45, 2.75) is 51.9 Å². The van der Waals surface area contributed by atoms with Gasteiger partial charge in [0, 0.05) is 36.7 Å². The number of hydrogen-bond donors (Lipinski definition) is 2. The number of fused-ring (bicyclic) bond motifs is 3. The second kappa shape index (κ2) is 7.66. The normalized spacial score (nSPS) is 20.3. The van der Waals surface area contributed by atoms with Crippen LogP contribution in [0.1, 0.15) is 48.9 Å². The van der Waals surface area contributed by atoms with Gasteiger partial charge in [0.25, 0.3) is 5.56 Å². The van der Waals surface area contributed by atoms with E-state index in [0.29, 0.717) is 50.5 Å². The summed E-state index contributed by atoms with van der Waals surface area (Å²) < 4.78 is 0. The van der Waals surface area contributed by atoms with Crippen LogP contribution in [-0.4, -0.2) is 39.8 Å². The molecule has 0 spiro atoms. The fraction of sp³-hybridized carbons (Fsp3) is 0.600. The average molecular weight is 403 g/mol. The molecular formula is C20H26N4O3S. The van der Waals surface area contributed by atoms with Crippen molar-refractivity contribution in [3.05, 3.63) is 26.6 Å². The summed E-state index contributed by atoms with van der Waals surface area (Å²) >= 11 is 1.63. The lowest BCUT2D eigenvalue weighted by molar-refractivity contribution is -0.134. The maximum Gasteiger partial charge on any atom is 0.259 e. The number of H-pyrrole nitrogens is 1. The molecule has 2 aromatic rings. The number of aromatic amines is 1. The molecular weight excluding hydrogens is 376 g/mol. The summed E-state index contributed by atoms with van der Waals surface area (Å²) in [5.41, 5.74) is 6.43. The molecule has 2 aliphatic rings. The van der Waals surface area contributed by atoms with Gasteiger partial charge >= 0.3 is 0 Å². The number of carbonyl (C=O) groups is 2. The van der Waals surface area contributed by atoms with Gasteiger partial charge in [-0.05, 0) is 43.6 Å². The highest BCUT2D eigenvalue weighted by Crippen LogP contribution is 2.35. The van der Waals surface area contributed by atoms with Gasteiger partial charge in [-0.3, -0.25) is 14.4 Å². The number of nitrogens with two attached hydrogens (primary N) is 1. The topological polar surface area (TPSA) is 109 Å². The molecule has 1 aliphatic carbocycles. The van der Waals surface area contributed by atoms with Gasteiger partial charge < -0.3 is 15.6 Å². The van der Waals surface area contributed by atoms with Gasteiger partial charge in [-0.2, -0.15) is 0 Å². The van der Waals surface area contributed by atoms with Gasteiger partial charge in [-0.1, -0.05) is 6.92 Å². The molecule has 2 aromatic heterocycles. The molecule has 0 radical (unpaired) electrons. The van der Waals surface area contributed by atoms with Crippen molar-refractivity contribution in [1.82, 2.24) is 14.9 Å². The lowest BCUT2D eigenvalue weighted by Crippen LogP contribution is -2.41. The summed E-state index contributed by atoms with van der Waals surface area (Å²) in [5, 5.41) is 0.746. The minimum absolute atomic E-state index is 0.0324. The van der Waals surface area contributed by atoms with E-state index in [1.165, 1.54) is 10.4 Å². The summed E-state index contributed by atoms with van der Waals surface area (Å²) in [6.45, 7) is 3.37. The van der Waals surface area contributed by atoms with Gasteiger partial charge in [0.05, 0.1) is 5.39 Å². The summed E-state index contributed by atoms with van der Waals surface area (Å²) in [6.07, 6.45) is 5.05. The van der Waals surface area contributed by atoms with Crippen molar-refractivity contribution in [3.8, 4) is 0 Å². The molecule has 0 saturated carbocycles. The molecule has 7 nitrogen and oxygen atoms in total.